The van der Waals surface area contributed by atoms with Crippen LogP contribution in [0.15, 0.2) is 53.6 Å². The molecule has 154 valence electrons. The van der Waals surface area contributed by atoms with E-state index in [1.54, 1.807) is 22.5 Å². The maximum Gasteiger partial charge on any atom is 0.247 e. The number of para-hydroxylation sites is 1. The lowest BCUT2D eigenvalue weighted by Gasteiger charge is -2.31. The topological polar surface area (TPSA) is 62.7 Å². The van der Waals surface area contributed by atoms with Gasteiger partial charge in [-0.15, -0.1) is 0 Å². The van der Waals surface area contributed by atoms with Crippen molar-refractivity contribution in [2.24, 2.45) is 5.92 Å². The largest absolute Gasteiger partial charge is 0.487 e. The van der Waals surface area contributed by atoms with E-state index in [2.05, 4.69) is 9.88 Å². The highest BCUT2D eigenvalue weighted by Crippen LogP contribution is 2.39. The number of fused-ring (bicyclic) bond motifs is 2. The van der Waals surface area contributed by atoms with Crippen LogP contribution in [0.2, 0.25) is 0 Å². The van der Waals surface area contributed by atoms with Crippen LogP contribution in [0.25, 0.3) is 0 Å². The molecule has 0 N–H and O–H groups in total. The Morgan fingerprint density at radius 2 is 1.79 bits per heavy atom. The lowest BCUT2D eigenvalue weighted by molar-refractivity contribution is 0.111. The van der Waals surface area contributed by atoms with Gasteiger partial charge in [0.05, 0.1) is 11.7 Å². The van der Waals surface area contributed by atoms with Gasteiger partial charge in [-0.2, -0.15) is 4.31 Å². The molecule has 29 heavy (non-hydrogen) atoms. The summed E-state index contributed by atoms with van der Waals surface area (Å²) in [5.41, 5.74) is 1.04. The molecular weight excluding hydrogens is 386 g/mol. The van der Waals surface area contributed by atoms with Gasteiger partial charge in [0.25, 0.3) is 0 Å². The molecule has 2 fully saturated rings. The van der Waals surface area contributed by atoms with E-state index in [9.17, 15) is 8.42 Å². The second-order valence-electron chi connectivity index (χ2n) is 8.36. The number of ether oxygens (including phenoxy) is 1. The Labute approximate surface area is 172 Å². The highest BCUT2D eigenvalue weighted by Gasteiger charge is 2.45. The van der Waals surface area contributed by atoms with E-state index in [0.29, 0.717) is 23.1 Å². The Kier molecular flexibility index (Phi) is 5.05. The molecule has 1 aromatic heterocycles. The number of hydrogen-bond donors (Lipinski definition) is 0. The van der Waals surface area contributed by atoms with Gasteiger partial charge in [0.1, 0.15) is 16.7 Å². The average molecular weight is 414 g/mol. The minimum absolute atomic E-state index is 0.123. The van der Waals surface area contributed by atoms with Crippen molar-refractivity contribution in [3.63, 3.8) is 0 Å². The molecule has 2 atom stereocenters. The maximum absolute atomic E-state index is 13.5. The summed E-state index contributed by atoms with van der Waals surface area (Å²) in [5.74, 6) is 0.988. The Morgan fingerprint density at radius 3 is 2.59 bits per heavy atom. The Morgan fingerprint density at radius 1 is 1.00 bits per heavy atom. The Hall–Kier alpha value is -1.96. The number of benzene rings is 1. The molecule has 5 rings (SSSR count). The molecule has 0 radical (unpaired) electrons. The van der Waals surface area contributed by atoms with E-state index in [-0.39, 0.29) is 12.1 Å². The first-order valence-electron chi connectivity index (χ1n) is 10.5. The van der Waals surface area contributed by atoms with Crippen LogP contribution in [-0.4, -0.2) is 54.4 Å². The maximum atomic E-state index is 13.5. The smallest absolute Gasteiger partial charge is 0.247 e. The molecule has 0 unspecified atom stereocenters. The molecule has 0 spiro atoms. The molecule has 3 aliphatic rings. The highest BCUT2D eigenvalue weighted by atomic mass is 32.2. The molecule has 1 aliphatic carbocycles. The van der Waals surface area contributed by atoms with E-state index in [4.69, 9.17) is 4.74 Å². The molecule has 0 bridgehead atoms. The second kappa shape index (κ2) is 7.70. The van der Waals surface area contributed by atoms with Gasteiger partial charge in [-0.25, -0.2) is 8.42 Å². The lowest BCUT2D eigenvalue weighted by atomic mass is 10.1. The summed E-state index contributed by atoms with van der Waals surface area (Å²) in [6.07, 6.45) is 5.53. The highest BCUT2D eigenvalue weighted by molar-refractivity contribution is 7.89. The number of likely N-dealkylation sites (tertiary alicyclic amines) is 1. The van der Waals surface area contributed by atoms with Crippen LogP contribution in [0.3, 0.4) is 0 Å². The van der Waals surface area contributed by atoms with Crippen LogP contribution >= 0.6 is 0 Å². The second-order valence-corrected chi connectivity index (χ2v) is 10.2. The number of hydrogen-bond acceptors (Lipinski definition) is 5. The molecule has 0 amide bonds. The third-order valence-electron chi connectivity index (χ3n) is 6.23. The summed E-state index contributed by atoms with van der Waals surface area (Å²) < 4.78 is 35.2. The van der Waals surface area contributed by atoms with Crippen LogP contribution in [0.4, 0.5) is 0 Å². The summed E-state index contributed by atoms with van der Waals surface area (Å²) in [5, 5.41) is 0. The van der Waals surface area contributed by atoms with Crippen molar-refractivity contribution < 1.29 is 13.2 Å². The zero-order valence-electron chi connectivity index (χ0n) is 16.5. The minimum Gasteiger partial charge on any atom is -0.487 e. The third kappa shape index (κ3) is 3.91. The van der Waals surface area contributed by atoms with Crippen molar-refractivity contribution in [3.05, 3.63) is 54.4 Å². The molecule has 6 nitrogen and oxygen atoms in total. The molecule has 1 aromatic carbocycles. The van der Waals surface area contributed by atoms with Crippen LogP contribution in [0.5, 0.6) is 5.75 Å². The average Bonchev–Trinajstić information content (AvgIpc) is 3.56. The van der Waals surface area contributed by atoms with Gasteiger partial charge in [0.2, 0.25) is 10.0 Å². The Bertz CT molecular complexity index is 962. The number of pyridine rings is 1. The summed E-state index contributed by atoms with van der Waals surface area (Å²) in [6.45, 7) is 3.11. The van der Waals surface area contributed by atoms with E-state index < -0.39 is 10.0 Å². The molecule has 2 aromatic rings. The monoisotopic (exact) mass is 413 g/mol. The molecule has 1 saturated heterocycles. The van der Waals surface area contributed by atoms with Gasteiger partial charge in [-0.3, -0.25) is 9.88 Å². The first kappa shape index (κ1) is 19.0. The van der Waals surface area contributed by atoms with Gasteiger partial charge >= 0.3 is 0 Å². The van der Waals surface area contributed by atoms with Gasteiger partial charge < -0.3 is 4.74 Å². The molecular formula is C22H27N3O3S. The van der Waals surface area contributed by atoms with Crippen molar-refractivity contribution in [2.45, 2.75) is 49.3 Å². The van der Waals surface area contributed by atoms with E-state index >= 15 is 0 Å². The molecule has 3 heterocycles. The molecule has 2 aliphatic heterocycles. The van der Waals surface area contributed by atoms with Gasteiger partial charge in [-0.1, -0.05) is 18.2 Å². The van der Waals surface area contributed by atoms with E-state index in [1.807, 2.05) is 30.5 Å². The summed E-state index contributed by atoms with van der Waals surface area (Å²) in [4.78, 5) is 7.13. The van der Waals surface area contributed by atoms with Gasteiger partial charge in [-0.05, 0) is 55.9 Å². The fourth-order valence-corrected chi connectivity index (χ4v) is 6.36. The van der Waals surface area contributed by atoms with Crippen molar-refractivity contribution >= 4 is 10.0 Å². The molecule has 1 saturated carbocycles. The number of rotatable bonds is 4. The third-order valence-corrected chi connectivity index (χ3v) is 8.16. The van der Waals surface area contributed by atoms with Gasteiger partial charge in [0.15, 0.2) is 0 Å². The fourth-order valence-electron chi connectivity index (χ4n) is 4.48. The van der Waals surface area contributed by atoms with Crippen LogP contribution in [0.1, 0.15) is 31.4 Å². The van der Waals surface area contributed by atoms with Crippen LogP contribution in [-0.2, 0) is 16.6 Å². The predicted molar refractivity (Wildman–Crippen MR) is 110 cm³/mol. The standard InChI is InChI=1S/C22H27N3O3S/c26-29(27)22-7-2-1-6-21(22)28-20-11-14-24(16-18-5-3-4-12-23-18)13-10-19(20)25(29)15-17-8-9-17/h1-7,12,17,19-20H,8-11,13-16H2/t19-,20-/m0/s1. The van der Waals surface area contributed by atoms with E-state index in [1.165, 1.54) is 0 Å². The van der Waals surface area contributed by atoms with Crippen molar-refractivity contribution in [1.82, 2.24) is 14.2 Å². The Balaban J connectivity index is 1.44. The predicted octanol–water partition coefficient (Wildman–Crippen LogP) is 2.91. The first-order valence-corrected chi connectivity index (χ1v) is 11.9. The SMILES string of the molecule is O=S1(=O)c2ccccc2O[C@H]2CCN(Cc3ccccn3)CC[C@@H]2N1CC1CC1. The number of aromatic nitrogens is 1. The fraction of sp³-hybridized carbons (Fsp3) is 0.500. The number of sulfonamides is 1. The normalized spacial score (nSPS) is 27.2. The van der Waals surface area contributed by atoms with Crippen LogP contribution < -0.4 is 4.74 Å². The van der Waals surface area contributed by atoms with Crippen LogP contribution in [0, 0.1) is 5.92 Å². The summed E-state index contributed by atoms with van der Waals surface area (Å²) in [6, 6.07) is 13.0. The van der Waals surface area contributed by atoms with Crippen molar-refractivity contribution in [3.8, 4) is 5.75 Å². The van der Waals surface area contributed by atoms with E-state index in [0.717, 1.165) is 51.0 Å². The number of nitrogens with zero attached hydrogens (tertiary/aromatic N) is 3. The zero-order valence-corrected chi connectivity index (χ0v) is 17.3. The minimum atomic E-state index is -3.56. The zero-order chi connectivity index (χ0) is 19.8. The van der Waals surface area contributed by atoms with Crippen molar-refractivity contribution in [2.75, 3.05) is 19.6 Å². The first-order chi connectivity index (χ1) is 14.1. The lowest BCUT2D eigenvalue weighted by Crippen LogP contribution is -2.48. The summed E-state index contributed by atoms with van der Waals surface area (Å²) in [7, 11) is -3.56. The summed E-state index contributed by atoms with van der Waals surface area (Å²) >= 11 is 0. The van der Waals surface area contributed by atoms with Gasteiger partial charge in [0, 0.05) is 32.4 Å². The van der Waals surface area contributed by atoms with Crippen molar-refractivity contribution in [1.29, 1.82) is 0 Å². The quantitative estimate of drug-likeness (QED) is 0.771. The molecule has 7 heteroatoms.